The third kappa shape index (κ3) is 1.75. The molecule has 0 radical (unpaired) electrons. The van der Waals surface area contributed by atoms with Gasteiger partial charge in [-0.25, -0.2) is 0 Å². The average molecular weight is 229 g/mol. The molecule has 3 heteroatoms. The molecule has 2 heterocycles. The monoisotopic (exact) mass is 229 g/mol. The van der Waals surface area contributed by atoms with Gasteiger partial charge < -0.3 is 9.88 Å². The van der Waals surface area contributed by atoms with E-state index in [0.29, 0.717) is 6.04 Å². The predicted octanol–water partition coefficient (Wildman–Crippen LogP) is 1.75. The van der Waals surface area contributed by atoms with Crippen molar-refractivity contribution in [2.24, 2.45) is 7.05 Å². The Morgan fingerprint density at radius 2 is 2.12 bits per heavy atom. The summed E-state index contributed by atoms with van der Waals surface area (Å²) >= 11 is 0. The van der Waals surface area contributed by atoms with Gasteiger partial charge >= 0.3 is 0 Å². The van der Waals surface area contributed by atoms with Crippen LogP contribution in [-0.2, 0) is 7.05 Å². The van der Waals surface area contributed by atoms with E-state index in [4.69, 9.17) is 0 Å². The van der Waals surface area contributed by atoms with Crippen LogP contribution in [0, 0.1) is 0 Å². The lowest BCUT2D eigenvalue weighted by Gasteiger charge is -2.33. The van der Waals surface area contributed by atoms with Gasteiger partial charge in [-0.15, -0.1) is 0 Å². The van der Waals surface area contributed by atoms with Crippen LogP contribution in [0.3, 0.4) is 0 Å². The molecule has 0 amide bonds. The Bertz CT molecular complexity index is 529. The van der Waals surface area contributed by atoms with Crippen molar-refractivity contribution >= 4 is 10.9 Å². The summed E-state index contributed by atoms with van der Waals surface area (Å²) in [6, 6.07) is 9.29. The number of aromatic nitrogens is 1. The first-order valence-electron chi connectivity index (χ1n) is 6.22. The van der Waals surface area contributed by atoms with Gasteiger partial charge in [0, 0.05) is 38.9 Å². The lowest BCUT2D eigenvalue weighted by atomic mass is 10.0. The van der Waals surface area contributed by atoms with E-state index in [9.17, 15) is 0 Å². The highest BCUT2D eigenvalue weighted by atomic mass is 15.2. The van der Waals surface area contributed by atoms with Gasteiger partial charge in [0.1, 0.15) is 0 Å². The van der Waals surface area contributed by atoms with Gasteiger partial charge in [0.25, 0.3) is 0 Å². The van der Waals surface area contributed by atoms with E-state index in [-0.39, 0.29) is 0 Å². The highest BCUT2D eigenvalue weighted by Crippen LogP contribution is 2.28. The van der Waals surface area contributed by atoms with Crippen molar-refractivity contribution in [2.75, 3.05) is 26.7 Å². The van der Waals surface area contributed by atoms with E-state index >= 15 is 0 Å². The lowest BCUT2D eigenvalue weighted by Crippen LogP contribution is -2.43. The minimum absolute atomic E-state index is 0.487. The molecular formula is C14H19N3. The second-order valence-electron chi connectivity index (χ2n) is 4.91. The number of nitrogens with one attached hydrogen (secondary N) is 1. The van der Waals surface area contributed by atoms with Crippen LogP contribution in [0.5, 0.6) is 0 Å². The fraction of sp³-hybridized carbons (Fsp3) is 0.429. The van der Waals surface area contributed by atoms with E-state index in [0.717, 1.165) is 19.6 Å². The minimum Gasteiger partial charge on any atom is -0.350 e. The van der Waals surface area contributed by atoms with E-state index in [1.54, 1.807) is 0 Å². The maximum atomic E-state index is 3.49. The fourth-order valence-corrected chi connectivity index (χ4v) is 2.81. The van der Waals surface area contributed by atoms with Crippen LogP contribution in [0.15, 0.2) is 30.5 Å². The summed E-state index contributed by atoms with van der Waals surface area (Å²) in [6.45, 7) is 3.25. The zero-order chi connectivity index (χ0) is 11.8. The van der Waals surface area contributed by atoms with Gasteiger partial charge in [0.05, 0.1) is 5.52 Å². The van der Waals surface area contributed by atoms with Gasteiger partial charge in [-0.05, 0) is 24.1 Å². The largest absolute Gasteiger partial charge is 0.350 e. The van der Waals surface area contributed by atoms with Gasteiger partial charge in [-0.3, -0.25) is 4.90 Å². The predicted molar refractivity (Wildman–Crippen MR) is 71.2 cm³/mol. The lowest BCUT2D eigenvalue weighted by molar-refractivity contribution is 0.203. The highest BCUT2D eigenvalue weighted by Gasteiger charge is 2.22. The minimum atomic E-state index is 0.487. The first kappa shape index (κ1) is 10.8. The Balaban J connectivity index is 2.12. The molecule has 0 saturated carbocycles. The molecule has 1 aliphatic heterocycles. The molecule has 90 valence electrons. The number of aryl methyl sites for hydroxylation is 1. The summed E-state index contributed by atoms with van der Waals surface area (Å²) in [5.74, 6) is 0. The van der Waals surface area contributed by atoms with Gasteiger partial charge in [0.15, 0.2) is 0 Å². The maximum absolute atomic E-state index is 3.49. The fourth-order valence-electron chi connectivity index (χ4n) is 2.81. The second kappa shape index (κ2) is 4.17. The van der Waals surface area contributed by atoms with Crippen molar-refractivity contribution in [3.05, 3.63) is 36.0 Å². The van der Waals surface area contributed by atoms with Crippen molar-refractivity contribution in [3.63, 3.8) is 0 Å². The smallest absolute Gasteiger partial charge is 0.0526 e. The summed E-state index contributed by atoms with van der Waals surface area (Å²) in [6.07, 6.45) is 2.14. The standard InChI is InChI=1S/C14H19N3/c1-16-9-7-15-10-13(16)12-5-3-4-11-6-8-17(2)14(11)12/h3-6,8,13,15H,7,9-10H2,1-2H3. The molecule has 1 atom stereocenters. The van der Waals surface area contributed by atoms with Crippen molar-refractivity contribution in [1.29, 1.82) is 0 Å². The number of nitrogens with zero attached hydrogens (tertiary/aromatic N) is 2. The number of hydrogen-bond acceptors (Lipinski definition) is 2. The van der Waals surface area contributed by atoms with Crippen LogP contribution in [-0.4, -0.2) is 36.1 Å². The van der Waals surface area contributed by atoms with Crippen LogP contribution in [0.2, 0.25) is 0 Å². The maximum Gasteiger partial charge on any atom is 0.0526 e. The highest BCUT2D eigenvalue weighted by molar-refractivity contribution is 5.83. The Kier molecular flexibility index (Phi) is 2.65. The molecule has 0 aliphatic carbocycles. The molecule has 0 spiro atoms. The van der Waals surface area contributed by atoms with Crippen LogP contribution in [0.4, 0.5) is 0 Å². The van der Waals surface area contributed by atoms with E-state index in [2.05, 4.69) is 59.3 Å². The molecule has 17 heavy (non-hydrogen) atoms. The molecule has 1 N–H and O–H groups in total. The van der Waals surface area contributed by atoms with E-state index in [1.165, 1.54) is 16.5 Å². The molecule has 3 rings (SSSR count). The molecule has 2 aromatic rings. The summed E-state index contributed by atoms with van der Waals surface area (Å²) in [7, 11) is 4.34. The summed E-state index contributed by atoms with van der Waals surface area (Å²) in [5, 5.41) is 4.83. The Hall–Kier alpha value is -1.32. The number of likely N-dealkylation sites (N-methyl/N-ethyl adjacent to an activating group) is 1. The Morgan fingerprint density at radius 3 is 2.94 bits per heavy atom. The zero-order valence-corrected chi connectivity index (χ0v) is 10.5. The number of benzene rings is 1. The molecule has 1 fully saturated rings. The molecule has 3 nitrogen and oxygen atoms in total. The molecule has 1 aliphatic rings. The Morgan fingerprint density at radius 1 is 1.24 bits per heavy atom. The van der Waals surface area contributed by atoms with Crippen molar-refractivity contribution in [2.45, 2.75) is 6.04 Å². The third-order valence-corrected chi connectivity index (χ3v) is 3.80. The van der Waals surface area contributed by atoms with Crippen molar-refractivity contribution < 1.29 is 0 Å². The molecular weight excluding hydrogens is 210 g/mol. The first-order chi connectivity index (χ1) is 8.27. The van der Waals surface area contributed by atoms with Gasteiger partial charge in [-0.2, -0.15) is 0 Å². The number of fused-ring (bicyclic) bond motifs is 1. The molecule has 0 bridgehead atoms. The zero-order valence-electron chi connectivity index (χ0n) is 10.5. The summed E-state index contributed by atoms with van der Waals surface area (Å²) in [5.41, 5.74) is 2.80. The van der Waals surface area contributed by atoms with Crippen LogP contribution in [0.1, 0.15) is 11.6 Å². The van der Waals surface area contributed by atoms with Crippen molar-refractivity contribution in [1.82, 2.24) is 14.8 Å². The molecule has 1 saturated heterocycles. The van der Waals surface area contributed by atoms with Crippen LogP contribution >= 0.6 is 0 Å². The first-order valence-corrected chi connectivity index (χ1v) is 6.22. The van der Waals surface area contributed by atoms with Gasteiger partial charge in [0.2, 0.25) is 0 Å². The quantitative estimate of drug-likeness (QED) is 0.804. The average Bonchev–Trinajstić information content (AvgIpc) is 2.72. The molecule has 1 unspecified atom stereocenters. The normalized spacial score (nSPS) is 22.1. The number of para-hydroxylation sites is 1. The van der Waals surface area contributed by atoms with E-state index < -0.39 is 0 Å². The molecule has 1 aromatic carbocycles. The SMILES string of the molecule is CN1CCNCC1c1cccc2ccn(C)c12. The number of piperazine rings is 1. The third-order valence-electron chi connectivity index (χ3n) is 3.80. The second-order valence-corrected chi connectivity index (χ2v) is 4.91. The van der Waals surface area contributed by atoms with E-state index in [1.807, 2.05) is 0 Å². The van der Waals surface area contributed by atoms with Crippen LogP contribution in [0.25, 0.3) is 10.9 Å². The molecule has 1 aromatic heterocycles. The summed E-state index contributed by atoms with van der Waals surface area (Å²) < 4.78 is 2.23. The Labute approximate surface area is 102 Å². The van der Waals surface area contributed by atoms with Gasteiger partial charge in [-0.1, -0.05) is 18.2 Å². The number of hydrogen-bond donors (Lipinski definition) is 1. The van der Waals surface area contributed by atoms with Crippen molar-refractivity contribution in [3.8, 4) is 0 Å². The summed E-state index contributed by atoms with van der Waals surface area (Å²) in [4.78, 5) is 2.44. The van der Waals surface area contributed by atoms with Crippen LogP contribution < -0.4 is 5.32 Å². The topological polar surface area (TPSA) is 20.2 Å². The number of rotatable bonds is 1.